The van der Waals surface area contributed by atoms with E-state index >= 15 is 0 Å². The van der Waals surface area contributed by atoms with Crippen molar-refractivity contribution in [2.45, 2.75) is 32.3 Å². The number of pyridine rings is 1. The lowest BCUT2D eigenvalue weighted by Gasteiger charge is -2.17. The van der Waals surface area contributed by atoms with Crippen molar-refractivity contribution in [3.63, 3.8) is 0 Å². The SMILES string of the molecule is Cc1nc2ccccc2c(-c2ccccc2)c1CC(=O)NC[C@@H]1CCCO1. The standard InChI is InChI=1S/C23H24N2O2/c1-16-20(14-22(26)24-15-18-10-7-13-27-18)23(17-8-3-2-4-9-17)19-11-5-6-12-21(19)25-16/h2-6,8-9,11-12,18H,7,10,13-15H2,1H3,(H,24,26)/t18-/m0/s1. The lowest BCUT2D eigenvalue weighted by molar-refractivity contribution is -0.120. The second kappa shape index (κ2) is 7.89. The van der Waals surface area contributed by atoms with Crippen LogP contribution in [0.25, 0.3) is 22.0 Å². The summed E-state index contributed by atoms with van der Waals surface area (Å²) in [5.74, 6) is 0.0165. The van der Waals surface area contributed by atoms with Crippen molar-refractivity contribution in [1.29, 1.82) is 0 Å². The maximum Gasteiger partial charge on any atom is 0.224 e. The van der Waals surface area contributed by atoms with Crippen LogP contribution in [-0.2, 0) is 16.0 Å². The van der Waals surface area contributed by atoms with E-state index in [2.05, 4.69) is 23.5 Å². The van der Waals surface area contributed by atoms with Crippen molar-refractivity contribution in [2.75, 3.05) is 13.2 Å². The van der Waals surface area contributed by atoms with Crippen LogP contribution in [0.15, 0.2) is 54.6 Å². The molecule has 0 radical (unpaired) electrons. The molecule has 1 aliphatic rings. The van der Waals surface area contributed by atoms with Gasteiger partial charge in [-0.15, -0.1) is 0 Å². The lowest BCUT2D eigenvalue weighted by atomic mass is 9.92. The van der Waals surface area contributed by atoms with E-state index in [1.807, 2.05) is 43.3 Å². The second-order valence-electron chi connectivity index (χ2n) is 7.05. The Morgan fingerprint density at radius 3 is 2.70 bits per heavy atom. The van der Waals surface area contributed by atoms with E-state index in [1.165, 1.54) is 0 Å². The van der Waals surface area contributed by atoms with E-state index in [0.29, 0.717) is 13.0 Å². The number of hydrogen-bond donors (Lipinski definition) is 1. The Kier molecular flexibility index (Phi) is 5.16. The zero-order chi connectivity index (χ0) is 18.6. The largest absolute Gasteiger partial charge is 0.376 e. The number of ether oxygens (including phenoxy) is 1. The first-order valence-electron chi connectivity index (χ1n) is 9.54. The van der Waals surface area contributed by atoms with Crippen molar-refractivity contribution in [3.05, 3.63) is 65.9 Å². The molecule has 1 fully saturated rings. The fourth-order valence-electron chi connectivity index (χ4n) is 3.78. The van der Waals surface area contributed by atoms with Gasteiger partial charge in [0.2, 0.25) is 5.91 Å². The number of para-hydroxylation sites is 1. The summed E-state index contributed by atoms with van der Waals surface area (Å²) in [7, 11) is 0. The molecular weight excluding hydrogens is 336 g/mol. The molecule has 1 N–H and O–H groups in total. The van der Waals surface area contributed by atoms with E-state index < -0.39 is 0 Å². The van der Waals surface area contributed by atoms with Gasteiger partial charge in [0.25, 0.3) is 0 Å². The van der Waals surface area contributed by atoms with Crippen LogP contribution >= 0.6 is 0 Å². The van der Waals surface area contributed by atoms with Crippen molar-refractivity contribution < 1.29 is 9.53 Å². The molecule has 1 aliphatic heterocycles. The summed E-state index contributed by atoms with van der Waals surface area (Å²) in [6.45, 7) is 3.37. The summed E-state index contributed by atoms with van der Waals surface area (Å²) < 4.78 is 5.60. The fourth-order valence-corrected chi connectivity index (χ4v) is 3.78. The van der Waals surface area contributed by atoms with E-state index in [-0.39, 0.29) is 12.0 Å². The van der Waals surface area contributed by atoms with Gasteiger partial charge in [-0.3, -0.25) is 9.78 Å². The Bertz CT molecular complexity index is 947. The van der Waals surface area contributed by atoms with Gasteiger partial charge < -0.3 is 10.1 Å². The van der Waals surface area contributed by atoms with E-state index in [9.17, 15) is 4.79 Å². The molecule has 27 heavy (non-hydrogen) atoms. The van der Waals surface area contributed by atoms with Crippen LogP contribution in [0.1, 0.15) is 24.1 Å². The first-order chi connectivity index (χ1) is 13.2. The molecule has 2 heterocycles. The molecule has 2 aromatic carbocycles. The molecule has 0 unspecified atom stereocenters. The first-order valence-corrected chi connectivity index (χ1v) is 9.54. The number of aryl methyl sites for hydroxylation is 1. The molecule has 138 valence electrons. The minimum absolute atomic E-state index is 0.0165. The molecule has 0 aliphatic carbocycles. The summed E-state index contributed by atoms with van der Waals surface area (Å²) in [5, 5.41) is 4.12. The molecule has 1 atom stereocenters. The van der Waals surface area contributed by atoms with Gasteiger partial charge >= 0.3 is 0 Å². The number of aromatic nitrogens is 1. The minimum Gasteiger partial charge on any atom is -0.376 e. The van der Waals surface area contributed by atoms with Gasteiger partial charge in [0.15, 0.2) is 0 Å². The number of benzene rings is 2. The highest BCUT2D eigenvalue weighted by Gasteiger charge is 2.19. The Balaban J connectivity index is 1.68. The molecule has 4 heteroatoms. The van der Waals surface area contributed by atoms with Crippen molar-refractivity contribution >= 4 is 16.8 Å². The Morgan fingerprint density at radius 2 is 1.93 bits per heavy atom. The third-order valence-electron chi connectivity index (χ3n) is 5.15. The third kappa shape index (κ3) is 3.86. The van der Waals surface area contributed by atoms with E-state index in [0.717, 1.165) is 52.7 Å². The maximum absolute atomic E-state index is 12.6. The molecule has 4 nitrogen and oxygen atoms in total. The Labute approximate surface area is 159 Å². The predicted octanol–water partition coefficient (Wildman–Crippen LogP) is 4.05. The number of nitrogens with zero attached hydrogens (tertiary/aromatic N) is 1. The second-order valence-corrected chi connectivity index (χ2v) is 7.05. The summed E-state index contributed by atoms with van der Waals surface area (Å²) in [6.07, 6.45) is 2.57. The van der Waals surface area contributed by atoms with Gasteiger partial charge in [0.1, 0.15) is 0 Å². The molecule has 0 saturated carbocycles. The van der Waals surface area contributed by atoms with Crippen LogP contribution < -0.4 is 5.32 Å². The number of hydrogen-bond acceptors (Lipinski definition) is 3. The highest BCUT2D eigenvalue weighted by atomic mass is 16.5. The average Bonchev–Trinajstić information content (AvgIpc) is 3.21. The topological polar surface area (TPSA) is 51.2 Å². The Morgan fingerprint density at radius 1 is 1.15 bits per heavy atom. The van der Waals surface area contributed by atoms with Crippen molar-refractivity contribution in [2.24, 2.45) is 0 Å². The van der Waals surface area contributed by atoms with Crippen LogP contribution in [0.4, 0.5) is 0 Å². The summed E-state index contributed by atoms with van der Waals surface area (Å²) >= 11 is 0. The number of nitrogens with one attached hydrogen (secondary N) is 1. The number of fused-ring (bicyclic) bond motifs is 1. The third-order valence-corrected chi connectivity index (χ3v) is 5.15. The summed E-state index contributed by atoms with van der Waals surface area (Å²) in [6, 6.07) is 18.4. The van der Waals surface area contributed by atoms with E-state index in [4.69, 9.17) is 9.72 Å². The van der Waals surface area contributed by atoms with Gasteiger partial charge in [-0.1, -0.05) is 48.5 Å². The van der Waals surface area contributed by atoms with Gasteiger partial charge in [0, 0.05) is 24.2 Å². The van der Waals surface area contributed by atoms with Crippen LogP contribution in [0, 0.1) is 6.92 Å². The zero-order valence-electron chi connectivity index (χ0n) is 15.6. The van der Waals surface area contributed by atoms with Gasteiger partial charge in [-0.25, -0.2) is 0 Å². The van der Waals surface area contributed by atoms with Crippen molar-refractivity contribution in [1.82, 2.24) is 10.3 Å². The monoisotopic (exact) mass is 360 g/mol. The lowest BCUT2D eigenvalue weighted by Crippen LogP contribution is -2.33. The molecule has 1 amide bonds. The van der Waals surface area contributed by atoms with Crippen LogP contribution in [0.2, 0.25) is 0 Å². The van der Waals surface area contributed by atoms with Crippen molar-refractivity contribution in [3.8, 4) is 11.1 Å². The van der Waals surface area contributed by atoms with Crippen LogP contribution in [0.5, 0.6) is 0 Å². The molecule has 3 aromatic rings. The zero-order valence-corrected chi connectivity index (χ0v) is 15.6. The highest BCUT2D eigenvalue weighted by Crippen LogP contribution is 2.33. The fraction of sp³-hybridized carbons (Fsp3) is 0.304. The predicted molar refractivity (Wildman–Crippen MR) is 108 cm³/mol. The van der Waals surface area contributed by atoms with Crippen LogP contribution in [0.3, 0.4) is 0 Å². The number of rotatable bonds is 5. The number of amides is 1. The molecule has 1 saturated heterocycles. The molecule has 1 aromatic heterocycles. The van der Waals surface area contributed by atoms with Gasteiger partial charge in [-0.05, 0) is 42.5 Å². The number of carbonyl (C=O) groups excluding carboxylic acids is 1. The number of carbonyl (C=O) groups is 1. The molecule has 0 bridgehead atoms. The molecule has 0 spiro atoms. The first kappa shape index (κ1) is 17.7. The quantitative estimate of drug-likeness (QED) is 0.747. The Hall–Kier alpha value is -2.72. The molecule has 4 rings (SSSR count). The average molecular weight is 360 g/mol. The van der Waals surface area contributed by atoms with E-state index in [1.54, 1.807) is 0 Å². The minimum atomic E-state index is 0.0165. The smallest absolute Gasteiger partial charge is 0.224 e. The van der Waals surface area contributed by atoms with Gasteiger partial charge in [-0.2, -0.15) is 0 Å². The normalized spacial score (nSPS) is 16.6. The summed E-state index contributed by atoms with van der Waals surface area (Å²) in [4.78, 5) is 17.4. The maximum atomic E-state index is 12.6. The highest BCUT2D eigenvalue weighted by molar-refractivity contribution is 5.98. The summed E-state index contributed by atoms with van der Waals surface area (Å²) in [5.41, 5.74) is 5.06. The van der Waals surface area contributed by atoms with Crippen LogP contribution in [-0.4, -0.2) is 30.1 Å². The van der Waals surface area contributed by atoms with Gasteiger partial charge in [0.05, 0.1) is 18.0 Å². The molecular formula is C23H24N2O2.